The van der Waals surface area contributed by atoms with Crippen LogP contribution < -0.4 is 10.1 Å². The first-order chi connectivity index (χ1) is 10.3. The van der Waals surface area contributed by atoms with Gasteiger partial charge in [0.05, 0.1) is 0 Å². The molecule has 1 aromatic carbocycles. The molecule has 1 aliphatic heterocycles. The molecule has 1 aliphatic carbocycles. The zero-order valence-electron chi connectivity index (χ0n) is 12.9. The van der Waals surface area contributed by atoms with E-state index in [1.165, 1.54) is 44.1 Å². The van der Waals surface area contributed by atoms with Gasteiger partial charge in [0.25, 0.3) is 0 Å². The van der Waals surface area contributed by atoms with Crippen molar-refractivity contribution in [1.82, 2.24) is 5.32 Å². The van der Waals surface area contributed by atoms with Gasteiger partial charge in [0.2, 0.25) is 0 Å². The van der Waals surface area contributed by atoms with Crippen LogP contribution in [0.1, 0.15) is 63.5 Å². The lowest BCUT2D eigenvalue weighted by Gasteiger charge is -2.38. The molecule has 1 N–H and O–H groups in total. The molecule has 116 valence electrons. The summed E-state index contributed by atoms with van der Waals surface area (Å²) in [6.07, 6.45) is 9.55. The number of hydrogen-bond donors (Lipinski definition) is 1. The standard InChI is InChI=1S/C18H26BrNO/c1-2-10-20-16-12-18(13-6-4-3-5-7-13)21-17-9-8-14(19)11-15(16)17/h8-9,11,13,16,18,20H,2-7,10,12H2,1H3. The first kappa shape index (κ1) is 15.4. The average Bonchev–Trinajstić information content (AvgIpc) is 2.53. The Morgan fingerprint density at radius 2 is 2.05 bits per heavy atom. The molecule has 2 aliphatic rings. The molecule has 0 radical (unpaired) electrons. The van der Waals surface area contributed by atoms with Crippen molar-refractivity contribution >= 4 is 15.9 Å². The molecule has 21 heavy (non-hydrogen) atoms. The smallest absolute Gasteiger partial charge is 0.124 e. The van der Waals surface area contributed by atoms with Crippen LogP contribution in [0, 0.1) is 5.92 Å². The van der Waals surface area contributed by atoms with Gasteiger partial charge in [-0.3, -0.25) is 0 Å². The van der Waals surface area contributed by atoms with Gasteiger partial charge in [-0.1, -0.05) is 42.1 Å². The van der Waals surface area contributed by atoms with Crippen LogP contribution in [0.4, 0.5) is 0 Å². The van der Waals surface area contributed by atoms with E-state index in [0.29, 0.717) is 12.1 Å². The van der Waals surface area contributed by atoms with E-state index in [1.807, 2.05) is 0 Å². The van der Waals surface area contributed by atoms with Crippen molar-refractivity contribution in [3.63, 3.8) is 0 Å². The fourth-order valence-corrected chi connectivity index (χ4v) is 4.15. The van der Waals surface area contributed by atoms with Gasteiger partial charge in [0, 0.05) is 22.5 Å². The van der Waals surface area contributed by atoms with Gasteiger partial charge in [0.15, 0.2) is 0 Å². The minimum Gasteiger partial charge on any atom is -0.490 e. The van der Waals surface area contributed by atoms with E-state index < -0.39 is 0 Å². The van der Waals surface area contributed by atoms with Crippen molar-refractivity contribution in [2.75, 3.05) is 6.54 Å². The summed E-state index contributed by atoms with van der Waals surface area (Å²) in [6.45, 7) is 3.31. The predicted molar refractivity (Wildman–Crippen MR) is 90.8 cm³/mol. The zero-order valence-corrected chi connectivity index (χ0v) is 14.5. The molecule has 2 nitrogen and oxygen atoms in total. The SMILES string of the molecule is CCCNC1CC(C2CCCCC2)Oc2ccc(Br)cc21. The summed E-state index contributed by atoms with van der Waals surface area (Å²) in [5.74, 6) is 1.84. The Morgan fingerprint density at radius 1 is 1.24 bits per heavy atom. The Labute approximate surface area is 136 Å². The number of fused-ring (bicyclic) bond motifs is 1. The lowest BCUT2D eigenvalue weighted by atomic mass is 9.81. The van der Waals surface area contributed by atoms with Crippen LogP contribution in [0.2, 0.25) is 0 Å². The topological polar surface area (TPSA) is 21.3 Å². The maximum atomic E-state index is 6.38. The number of benzene rings is 1. The molecule has 1 saturated carbocycles. The van der Waals surface area contributed by atoms with Gasteiger partial charge in [-0.25, -0.2) is 0 Å². The Bertz CT molecular complexity index is 470. The molecule has 0 amide bonds. The van der Waals surface area contributed by atoms with Gasteiger partial charge >= 0.3 is 0 Å². The summed E-state index contributed by atoms with van der Waals surface area (Å²) < 4.78 is 7.52. The lowest BCUT2D eigenvalue weighted by molar-refractivity contribution is 0.0728. The van der Waals surface area contributed by atoms with Crippen LogP contribution in [0.5, 0.6) is 5.75 Å². The molecule has 2 atom stereocenters. The van der Waals surface area contributed by atoms with E-state index in [-0.39, 0.29) is 0 Å². The van der Waals surface area contributed by atoms with Crippen LogP contribution in [-0.4, -0.2) is 12.6 Å². The second kappa shape index (κ2) is 7.15. The normalized spacial score (nSPS) is 26.2. The maximum absolute atomic E-state index is 6.38. The summed E-state index contributed by atoms with van der Waals surface area (Å²) in [4.78, 5) is 0. The fourth-order valence-electron chi connectivity index (χ4n) is 3.78. The van der Waals surface area contributed by atoms with E-state index >= 15 is 0 Å². The van der Waals surface area contributed by atoms with Crippen LogP contribution >= 0.6 is 15.9 Å². The molecule has 0 spiro atoms. The summed E-state index contributed by atoms with van der Waals surface area (Å²) in [7, 11) is 0. The molecule has 1 aromatic rings. The van der Waals surface area contributed by atoms with Gasteiger partial charge in [-0.05, 0) is 49.9 Å². The van der Waals surface area contributed by atoms with Crippen LogP contribution in [-0.2, 0) is 0 Å². The van der Waals surface area contributed by atoms with Crippen LogP contribution in [0.25, 0.3) is 0 Å². The fraction of sp³-hybridized carbons (Fsp3) is 0.667. The monoisotopic (exact) mass is 351 g/mol. The molecule has 0 bridgehead atoms. The van der Waals surface area contributed by atoms with Crippen LogP contribution in [0.3, 0.4) is 0 Å². The highest BCUT2D eigenvalue weighted by Gasteiger charge is 2.33. The van der Waals surface area contributed by atoms with E-state index in [4.69, 9.17) is 4.74 Å². The number of nitrogens with one attached hydrogen (secondary N) is 1. The number of ether oxygens (including phenoxy) is 1. The Hall–Kier alpha value is -0.540. The third-order valence-corrected chi connectivity index (χ3v) is 5.40. The van der Waals surface area contributed by atoms with Crippen molar-refractivity contribution in [1.29, 1.82) is 0 Å². The molecule has 0 saturated heterocycles. The maximum Gasteiger partial charge on any atom is 0.124 e. The largest absolute Gasteiger partial charge is 0.490 e. The Kier molecular flexibility index (Phi) is 5.23. The Balaban J connectivity index is 1.80. The van der Waals surface area contributed by atoms with Gasteiger partial charge < -0.3 is 10.1 Å². The number of rotatable bonds is 4. The van der Waals surface area contributed by atoms with Crippen molar-refractivity contribution in [3.8, 4) is 5.75 Å². The van der Waals surface area contributed by atoms with Crippen LogP contribution in [0.15, 0.2) is 22.7 Å². The number of hydrogen-bond acceptors (Lipinski definition) is 2. The average molecular weight is 352 g/mol. The predicted octanol–water partition coefficient (Wildman–Crippen LogP) is 5.22. The molecule has 2 unspecified atom stereocenters. The highest BCUT2D eigenvalue weighted by atomic mass is 79.9. The van der Waals surface area contributed by atoms with Crippen molar-refractivity contribution in [3.05, 3.63) is 28.2 Å². The minimum atomic E-state index is 0.397. The quantitative estimate of drug-likeness (QED) is 0.802. The first-order valence-corrected chi connectivity index (χ1v) is 9.26. The van der Waals surface area contributed by atoms with Gasteiger partial charge in [0.1, 0.15) is 11.9 Å². The van der Waals surface area contributed by atoms with E-state index in [2.05, 4.69) is 46.4 Å². The molecule has 0 aromatic heterocycles. The second-order valence-electron chi connectivity index (χ2n) is 6.48. The molecular weight excluding hydrogens is 326 g/mol. The van der Waals surface area contributed by atoms with Gasteiger partial charge in [-0.15, -0.1) is 0 Å². The molecule has 3 rings (SSSR count). The van der Waals surface area contributed by atoms with Crippen molar-refractivity contribution in [2.24, 2.45) is 5.92 Å². The van der Waals surface area contributed by atoms with Crippen molar-refractivity contribution < 1.29 is 4.74 Å². The van der Waals surface area contributed by atoms with E-state index in [1.54, 1.807) is 0 Å². The second-order valence-corrected chi connectivity index (χ2v) is 7.39. The lowest BCUT2D eigenvalue weighted by Crippen LogP contribution is -2.38. The summed E-state index contributed by atoms with van der Waals surface area (Å²) in [6, 6.07) is 6.89. The highest BCUT2D eigenvalue weighted by Crippen LogP contribution is 2.41. The highest BCUT2D eigenvalue weighted by molar-refractivity contribution is 9.10. The van der Waals surface area contributed by atoms with E-state index in [0.717, 1.165) is 29.1 Å². The zero-order chi connectivity index (χ0) is 14.7. The minimum absolute atomic E-state index is 0.397. The first-order valence-electron chi connectivity index (χ1n) is 8.47. The van der Waals surface area contributed by atoms with Crippen molar-refractivity contribution in [2.45, 2.75) is 64.0 Å². The third-order valence-electron chi connectivity index (χ3n) is 4.91. The summed E-state index contributed by atoms with van der Waals surface area (Å²) >= 11 is 3.59. The molecule has 1 heterocycles. The summed E-state index contributed by atoms with van der Waals surface area (Å²) in [5.41, 5.74) is 1.32. The Morgan fingerprint density at radius 3 is 2.81 bits per heavy atom. The summed E-state index contributed by atoms with van der Waals surface area (Å²) in [5, 5.41) is 3.72. The molecule has 3 heteroatoms. The number of halogens is 1. The molecular formula is C18H26BrNO. The third kappa shape index (κ3) is 3.62. The molecule has 1 fully saturated rings. The van der Waals surface area contributed by atoms with E-state index in [9.17, 15) is 0 Å². The van der Waals surface area contributed by atoms with Gasteiger partial charge in [-0.2, -0.15) is 0 Å².